The molecule has 21 heavy (non-hydrogen) atoms. The number of nitrogens with zero attached hydrogens (tertiary/aromatic N) is 4. The maximum Gasteiger partial charge on any atom is 0.328 e. The second-order valence-electron chi connectivity index (χ2n) is 5.77. The third-order valence-corrected chi connectivity index (χ3v) is 4.51. The van der Waals surface area contributed by atoms with Gasteiger partial charge in [-0.1, -0.05) is 0 Å². The van der Waals surface area contributed by atoms with Crippen LogP contribution in [-0.2, 0) is 4.79 Å². The molecule has 1 N–H and O–H groups in total. The number of carboxylic acid groups (broad SMARTS) is 1. The minimum Gasteiger partial charge on any atom is -0.478 e. The Kier molecular flexibility index (Phi) is 3.88. The lowest BCUT2D eigenvalue weighted by Crippen LogP contribution is -2.37. The summed E-state index contributed by atoms with van der Waals surface area (Å²) in [5.41, 5.74) is 0.703. The van der Waals surface area contributed by atoms with Crippen molar-refractivity contribution in [2.24, 2.45) is 0 Å². The van der Waals surface area contributed by atoms with E-state index in [1.165, 1.54) is 18.9 Å². The molecule has 0 spiro atoms. The summed E-state index contributed by atoms with van der Waals surface area (Å²) in [6, 6.07) is 1.28. The molecule has 1 aromatic heterocycles. The van der Waals surface area contributed by atoms with Gasteiger partial charge >= 0.3 is 5.97 Å². The Morgan fingerprint density at radius 3 is 2.71 bits per heavy atom. The van der Waals surface area contributed by atoms with E-state index in [1.807, 2.05) is 0 Å². The second-order valence-corrected chi connectivity index (χ2v) is 5.77. The van der Waals surface area contributed by atoms with Crippen LogP contribution in [-0.4, -0.2) is 58.2 Å². The number of aliphatic carboxylic acids is 1. The van der Waals surface area contributed by atoms with Crippen molar-refractivity contribution in [3.05, 3.63) is 24.0 Å². The average Bonchev–Trinajstić information content (AvgIpc) is 2.71. The standard InChI is InChI=1S/C15H20N4O2/c1-18-12-3-4-13(18)10-19(7-6-12)15-16-8-11(9-17-15)2-5-14(20)21/h2,5,8-9,12-13H,3-4,6-7,10H2,1H3,(H,20,21)/b5-2+. The first-order valence-corrected chi connectivity index (χ1v) is 7.33. The zero-order chi connectivity index (χ0) is 14.8. The molecule has 0 saturated carbocycles. The molecule has 3 heterocycles. The fourth-order valence-electron chi connectivity index (χ4n) is 3.24. The van der Waals surface area contributed by atoms with Gasteiger partial charge in [0.2, 0.25) is 5.95 Å². The van der Waals surface area contributed by atoms with Crippen LogP contribution < -0.4 is 4.90 Å². The van der Waals surface area contributed by atoms with Gasteiger partial charge < -0.3 is 10.0 Å². The Balaban J connectivity index is 1.71. The maximum atomic E-state index is 10.5. The highest BCUT2D eigenvalue weighted by molar-refractivity contribution is 5.85. The molecule has 6 heteroatoms. The average molecular weight is 288 g/mol. The number of carboxylic acids is 1. The van der Waals surface area contributed by atoms with Crippen molar-refractivity contribution in [2.75, 3.05) is 25.0 Å². The molecule has 2 bridgehead atoms. The number of hydrogen-bond donors (Lipinski definition) is 1. The predicted molar refractivity (Wildman–Crippen MR) is 80.1 cm³/mol. The molecule has 0 radical (unpaired) electrons. The number of anilines is 1. The summed E-state index contributed by atoms with van der Waals surface area (Å²) >= 11 is 0. The third kappa shape index (κ3) is 3.05. The van der Waals surface area contributed by atoms with E-state index in [-0.39, 0.29) is 0 Å². The van der Waals surface area contributed by atoms with Crippen LogP contribution in [0.1, 0.15) is 24.8 Å². The van der Waals surface area contributed by atoms with Crippen molar-refractivity contribution in [3.63, 3.8) is 0 Å². The molecule has 0 aliphatic carbocycles. The van der Waals surface area contributed by atoms with Crippen LogP contribution in [0, 0.1) is 0 Å². The molecule has 2 aliphatic heterocycles. The first-order valence-electron chi connectivity index (χ1n) is 7.33. The Morgan fingerprint density at radius 2 is 2.00 bits per heavy atom. The van der Waals surface area contributed by atoms with Crippen LogP contribution in [0.5, 0.6) is 0 Å². The van der Waals surface area contributed by atoms with E-state index in [0.29, 0.717) is 17.6 Å². The van der Waals surface area contributed by atoms with Gasteiger partial charge in [-0.2, -0.15) is 0 Å². The topological polar surface area (TPSA) is 69.6 Å². The summed E-state index contributed by atoms with van der Waals surface area (Å²) in [5, 5.41) is 8.61. The second kappa shape index (κ2) is 5.81. The van der Waals surface area contributed by atoms with E-state index in [9.17, 15) is 4.79 Å². The van der Waals surface area contributed by atoms with Crippen LogP contribution in [0.25, 0.3) is 6.08 Å². The smallest absolute Gasteiger partial charge is 0.328 e. The molecule has 6 nitrogen and oxygen atoms in total. The molecule has 0 amide bonds. The molecular formula is C15H20N4O2. The molecule has 112 valence electrons. The van der Waals surface area contributed by atoms with Gasteiger partial charge in [0.05, 0.1) is 0 Å². The zero-order valence-corrected chi connectivity index (χ0v) is 12.1. The number of rotatable bonds is 3. The summed E-state index contributed by atoms with van der Waals surface area (Å²) in [6.45, 7) is 1.95. The lowest BCUT2D eigenvalue weighted by Gasteiger charge is -2.25. The molecule has 2 aliphatic rings. The summed E-state index contributed by atoms with van der Waals surface area (Å²) in [5.74, 6) is -0.228. The molecule has 3 rings (SSSR count). The van der Waals surface area contributed by atoms with Crippen molar-refractivity contribution in [1.82, 2.24) is 14.9 Å². The van der Waals surface area contributed by atoms with Crippen LogP contribution in [0.4, 0.5) is 5.95 Å². The largest absolute Gasteiger partial charge is 0.478 e. The van der Waals surface area contributed by atoms with Crippen molar-refractivity contribution < 1.29 is 9.90 Å². The lowest BCUT2D eigenvalue weighted by atomic mass is 10.1. The highest BCUT2D eigenvalue weighted by Crippen LogP contribution is 2.29. The number of likely N-dealkylation sites (N-methyl/N-ethyl adjacent to an activating group) is 1. The number of carbonyl (C=O) groups is 1. The number of aromatic nitrogens is 2. The Labute approximate surface area is 124 Å². The van der Waals surface area contributed by atoms with E-state index in [2.05, 4.69) is 26.8 Å². The third-order valence-electron chi connectivity index (χ3n) is 4.51. The lowest BCUT2D eigenvalue weighted by molar-refractivity contribution is -0.131. The van der Waals surface area contributed by atoms with Crippen LogP contribution in [0.3, 0.4) is 0 Å². The van der Waals surface area contributed by atoms with Gasteiger partial charge in [0.1, 0.15) is 0 Å². The molecule has 1 aromatic rings. The van der Waals surface area contributed by atoms with Gasteiger partial charge in [-0.05, 0) is 32.4 Å². The van der Waals surface area contributed by atoms with Crippen LogP contribution in [0.2, 0.25) is 0 Å². The molecule has 2 unspecified atom stereocenters. The van der Waals surface area contributed by atoms with Gasteiger partial charge in [-0.3, -0.25) is 4.90 Å². The number of fused-ring (bicyclic) bond motifs is 2. The molecule has 2 fully saturated rings. The highest BCUT2D eigenvalue weighted by atomic mass is 16.4. The van der Waals surface area contributed by atoms with Gasteiger partial charge in [-0.25, -0.2) is 14.8 Å². The molecular weight excluding hydrogens is 268 g/mol. The van der Waals surface area contributed by atoms with E-state index in [1.54, 1.807) is 12.4 Å². The summed E-state index contributed by atoms with van der Waals surface area (Å²) < 4.78 is 0. The minimum atomic E-state index is -0.967. The van der Waals surface area contributed by atoms with Gasteiger partial charge in [0.15, 0.2) is 0 Å². The molecule has 2 saturated heterocycles. The van der Waals surface area contributed by atoms with Gasteiger partial charge in [0, 0.05) is 49.2 Å². The quantitative estimate of drug-likeness (QED) is 0.844. The molecule has 0 aromatic carbocycles. The zero-order valence-electron chi connectivity index (χ0n) is 12.1. The molecule has 2 atom stereocenters. The monoisotopic (exact) mass is 288 g/mol. The van der Waals surface area contributed by atoms with Gasteiger partial charge in [-0.15, -0.1) is 0 Å². The number of hydrogen-bond acceptors (Lipinski definition) is 5. The van der Waals surface area contributed by atoms with Crippen molar-refractivity contribution in [2.45, 2.75) is 31.3 Å². The van der Waals surface area contributed by atoms with E-state index < -0.39 is 5.97 Å². The highest BCUT2D eigenvalue weighted by Gasteiger charge is 2.35. The first kappa shape index (κ1) is 14.0. The maximum absolute atomic E-state index is 10.5. The van der Waals surface area contributed by atoms with Crippen LogP contribution >= 0.6 is 0 Å². The summed E-state index contributed by atoms with van der Waals surface area (Å²) in [4.78, 5) is 24.0. The van der Waals surface area contributed by atoms with Crippen molar-refractivity contribution in [3.8, 4) is 0 Å². The minimum absolute atomic E-state index is 0.590. The first-order chi connectivity index (χ1) is 10.1. The fourth-order valence-corrected chi connectivity index (χ4v) is 3.24. The van der Waals surface area contributed by atoms with Gasteiger partial charge in [0.25, 0.3) is 0 Å². The van der Waals surface area contributed by atoms with Crippen LogP contribution in [0.15, 0.2) is 18.5 Å². The Morgan fingerprint density at radius 1 is 1.29 bits per heavy atom. The normalized spacial score (nSPS) is 26.2. The Bertz CT molecular complexity index is 543. The van der Waals surface area contributed by atoms with E-state index >= 15 is 0 Å². The summed E-state index contributed by atoms with van der Waals surface area (Å²) in [7, 11) is 2.21. The Hall–Kier alpha value is -1.95. The predicted octanol–water partition coefficient (Wildman–Crippen LogP) is 1.25. The van der Waals surface area contributed by atoms with E-state index in [0.717, 1.165) is 31.5 Å². The SMILES string of the molecule is CN1C2CCC1CN(c1ncc(/C=C/C(=O)O)cn1)CC2. The summed E-state index contributed by atoms with van der Waals surface area (Å²) in [6.07, 6.45) is 9.65. The fraction of sp³-hybridized carbons (Fsp3) is 0.533. The van der Waals surface area contributed by atoms with Crippen molar-refractivity contribution in [1.29, 1.82) is 0 Å². The van der Waals surface area contributed by atoms with Crippen molar-refractivity contribution >= 4 is 18.0 Å². The van der Waals surface area contributed by atoms with E-state index in [4.69, 9.17) is 5.11 Å².